The number of thiophene rings is 1. The molecular weight excluding hydrogens is 340 g/mol. The number of amides is 2. The molecule has 6 heteroatoms. The van der Waals surface area contributed by atoms with E-state index in [1.165, 1.54) is 0 Å². The first-order valence-electron chi connectivity index (χ1n) is 6.76. The number of carbonyl (C=O) groups is 2. The zero-order valence-corrected chi connectivity index (χ0v) is 13.9. The molecular formula is C14H17BrN2O2S. The van der Waals surface area contributed by atoms with Crippen molar-refractivity contribution in [1.82, 2.24) is 10.2 Å². The first-order chi connectivity index (χ1) is 9.38. The fourth-order valence-electron chi connectivity index (χ4n) is 2.72. The number of carbonyl (C=O) groups excluding carboxylic acids is 2. The number of piperazine rings is 1. The van der Waals surface area contributed by atoms with E-state index < -0.39 is 5.54 Å². The second-order valence-corrected chi connectivity index (χ2v) is 8.58. The second kappa shape index (κ2) is 4.84. The van der Waals surface area contributed by atoms with Gasteiger partial charge < -0.3 is 10.2 Å². The van der Waals surface area contributed by atoms with Crippen LogP contribution in [0.2, 0.25) is 0 Å². The minimum absolute atomic E-state index is 0.00674. The molecule has 1 N–H and O–H groups in total. The van der Waals surface area contributed by atoms with Gasteiger partial charge in [-0.05, 0) is 60.7 Å². The highest BCUT2D eigenvalue weighted by atomic mass is 79.9. The van der Waals surface area contributed by atoms with E-state index in [-0.39, 0.29) is 17.9 Å². The lowest BCUT2D eigenvalue weighted by Crippen LogP contribution is -2.68. The van der Waals surface area contributed by atoms with Crippen LogP contribution < -0.4 is 5.32 Å². The third kappa shape index (κ3) is 2.51. The number of halogens is 1. The van der Waals surface area contributed by atoms with Gasteiger partial charge in [0.2, 0.25) is 11.8 Å². The molecule has 1 aliphatic heterocycles. The highest BCUT2D eigenvalue weighted by molar-refractivity contribution is 9.11. The Morgan fingerprint density at radius 2 is 2.10 bits per heavy atom. The molecule has 2 fully saturated rings. The number of hydrogen-bond donors (Lipinski definition) is 1. The monoisotopic (exact) mass is 356 g/mol. The third-order valence-corrected chi connectivity index (χ3v) is 5.47. The Morgan fingerprint density at radius 3 is 2.65 bits per heavy atom. The summed E-state index contributed by atoms with van der Waals surface area (Å²) in [5, 5.41) is 2.86. The van der Waals surface area contributed by atoms with Crippen molar-refractivity contribution in [2.24, 2.45) is 5.92 Å². The zero-order valence-electron chi connectivity index (χ0n) is 11.5. The van der Waals surface area contributed by atoms with Crippen molar-refractivity contribution in [3.05, 3.63) is 20.8 Å². The summed E-state index contributed by atoms with van der Waals surface area (Å²) < 4.78 is 1.05. The molecule has 2 heterocycles. The zero-order chi connectivity index (χ0) is 14.5. The van der Waals surface area contributed by atoms with Gasteiger partial charge in [-0.3, -0.25) is 9.59 Å². The van der Waals surface area contributed by atoms with Crippen molar-refractivity contribution in [3.8, 4) is 0 Å². The molecule has 0 radical (unpaired) electrons. The van der Waals surface area contributed by atoms with Crippen molar-refractivity contribution in [1.29, 1.82) is 0 Å². The van der Waals surface area contributed by atoms with Crippen LogP contribution in [0.4, 0.5) is 0 Å². The van der Waals surface area contributed by atoms with Gasteiger partial charge in [0, 0.05) is 4.88 Å². The Morgan fingerprint density at radius 1 is 1.40 bits per heavy atom. The smallest absolute Gasteiger partial charge is 0.248 e. The second-order valence-electron chi connectivity index (χ2n) is 6.04. The first-order valence-corrected chi connectivity index (χ1v) is 8.37. The molecule has 4 nitrogen and oxygen atoms in total. The standard InChI is InChI=1S/C14H17BrN2O2S/c1-14(2)13(19)17(7-9-5-6-10(15)20-9)11(8-3-4-8)12(18)16-14/h5-6,8,11H,3-4,7H2,1-2H3,(H,16,18). The molecule has 0 spiro atoms. The van der Waals surface area contributed by atoms with Crippen LogP contribution in [0, 0.1) is 5.92 Å². The molecule has 0 aromatic carbocycles. The molecule has 108 valence electrons. The summed E-state index contributed by atoms with van der Waals surface area (Å²) in [6, 6.07) is 3.69. The number of nitrogens with one attached hydrogen (secondary N) is 1. The molecule has 1 unspecified atom stereocenters. The highest BCUT2D eigenvalue weighted by Gasteiger charge is 2.50. The van der Waals surface area contributed by atoms with Crippen LogP contribution in [0.5, 0.6) is 0 Å². The minimum atomic E-state index is -0.809. The van der Waals surface area contributed by atoms with E-state index >= 15 is 0 Å². The van der Waals surface area contributed by atoms with Gasteiger partial charge in [-0.25, -0.2) is 0 Å². The lowest BCUT2D eigenvalue weighted by molar-refractivity contribution is -0.155. The van der Waals surface area contributed by atoms with E-state index in [1.807, 2.05) is 12.1 Å². The summed E-state index contributed by atoms with van der Waals surface area (Å²) in [5.74, 6) is 0.338. The molecule has 1 aliphatic carbocycles. The predicted molar refractivity (Wildman–Crippen MR) is 81.3 cm³/mol. The van der Waals surface area contributed by atoms with Gasteiger partial charge in [0.15, 0.2) is 0 Å². The molecule has 1 aromatic rings. The Bertz CT molecular complexity index is 565. The van der Waals surface area contributed by atoms with Crippen LogP contribution in [0.25, 0.3) is 0 Å². The number of rotatable bonds is 3. The van der Waals surface area contributed by atoms with E-state index in [2.05, 4.69) is 21.2 Å². The normalized spacial score (nSPS) is 25.8. The molecule has 1 saturated heterocycles. The van der Waals surface area contributed by atoms with Gasteiger partial charge >= 0.3 is 0 Å². The van der Waals surface area contributed by atoms with Crippen molar-refractivity contribution in [2.45, 2.75) is 44.8 Å². The van der Waals surface area contributed by atoms with Crippen molar-refractivity contribution in [3.63, 3.8) is 0 Å². The molecule has 3 rings (SSSR count). The average molecular weight is 357 g/mol. The summed E-state index contributed by atoms with van der Waals surface area (Å²) in [4.78, 5) is 27.9. The fraction of sp³-hybridized carbons (Fsp3) is 0.571. The van der Waals surface area contributed by atoms with E-state index in [9.17, 15) is 9.59 Å². The summed E-state index contributed by atoms with van der Waals surface area (Å²) in [6.45, 7) is 4.06. The van der Waals surface area contributed by atoms with E-state index in [1.54, 1.807) is 30.1 Å². The van der Waals surface area contributed by atoms with E-state index in [0.29, 0.717) is 12.5 Å². The van der Waals surface area contributed by atoms with Gasteiger partial charge in [0.1, 0.15) is 11.6 Å². The predicted octanol–water partition coefficient (Wildman–Crippen LogP) is 2.53. The number of nitrogens with zero attached hydrogens (tertiary/aromatic N) is 1. The van der Waals surface area contributed by atoms with Crippen molar-refractivity contribution >= 4 is 39.1 Å². The maximum atomic E-state index is 12.7. The lowest BCUT2D eigenvalue weighted by atomic mass is 9.94. The molecule has 1 saturated carbocycles. The number of hydrogen-bond acceptors (Lipinski definition) is 3. The Labute approximate surface area is 130 Å². The topological polar surface area (TPSA) is 49.4 Å². The van der Waals surface area contributed by atoms with Crippen LogP contribution in [-0.2, 0) is 16.1 Å². The van der Waals surface area contributed by atoms with E-state index in [0.717, 1.165) is 21.5 Å². The molecule has 1 aromatic heterocycles. The summed E-state index contributed by atoms with van der Waals surface area (Å²) in [6.07, 6.45) is 2.08. The molecule has 20 heavy (non-hydrogen) atoms. The van der Waals surface area contributed by atoms with Crippen LogP contribution in [0.3, 0.4) is 0 Å². The first kappa shape index (κ1) is 14.1. The Balaban J connectivity index is 1.89. The Hall–Kier alpha value is -0.880. The fourth-order valence-corrected chi connectivity index (χ4v) is 4.20. The van der Waals surface area contributed by atoms with Gasteiger partial charge in [-0.15, -0.1) is 11.3 Å². The van der Waals surface area contributed by atoms with Crippen molar-refractivity contribution in [2.75, 3.05) is 0 Å². The van der Waals surface area contributed by atoms with Crippen LogP contribution in [0.15, 0.2) is 15.9 Å². The summed E-state index contributed by atoms with van der Waals surface area (Å²) >= 11 is 5.05. The summed E-state index contributed by atoms with van der Waals surface area (Å²) in [5.41, 5.74) is -0.809. The maximum absolute atomic E-state index is 12.7. The van der Waals surface area contributed by atoms with Crippen LogP contribution in [-0.4, -0.2) is 28.3 Å². The maximum Gasteiger partial charge on any atom is 0.248 e. The van der Waals surface area contributed by atoms with Gasteiger partial charge in [0.25, 0.3) is 0 Å². The molecule has 2 aliphatic rings. The molecule has 2 amide bonds. The lowest BCUT2D eigenvalue weighted by Gasteiger charge is -2.43. The minimum Gasteiger partial charge on any atom is -0.340 e. The average Bonchev–Trinajstić information content (AvgIpc) is 3.09. The van der Waals surface area contributed by atoms with Crippen LogP contribution in [0.1, 0.15) is 31.6 Å². The van der Waals surface area contributed by atoms with Gasteiger partial charge in [-0.1, -0.05) is 0 Å². The highest BCUT2D eigenvalue weighted by Crippen LogP contribution is 2.39. The largest absolute Gasteiger partial charge is 0.340 e. The van der Waals surface area contributed by atoms with E-state index in [4.69, 9.17) is 0 Å². The van der Waals surface area contributed by atoms with Gasteiger partial charge in [0.05, 0.1) is 10.3 Å². The quantitative estimate of drug-likeness (QED) is 0.904. The molecule has 1 atom stereocenters. The third-order valence-electron chi connectivity index (χ3n) is 3.86. The SMILES string of the molecule is CC1(C)NC(=O)C(C2CC2)N(Cc2ccc(Br)s2)C1=O. The molecule has 0 bridgehead atoms. The van der Waals surface area contributed by atoms with Crippen LogP contribution >= 0.6 is 27.3 Å². The summed E-state index contributed by atoms with van der Waals surface area (Å²) in [7, 11) is 0. The van der Waals surface area contributed by atoms with Crippen molar-refractivity contribution < 1.29 is 9.59 Å². The van der Waals surface area contributed by atoms with Gasteiger partial charge in [-0.2, -0.15) is 0 Å². The Kier molecular flexibility index (Phi) is 3.41.